The van der Waals surface area contributed by atoms with Crippen molar-refractivity contribution in [2.45, 2.75) is 12.9 Å². The molecule has 1 aromatic heterocycles. The van der Waals surface area contributed by atoms with Gasteiger partial charge in [0.1, 0.15) is 22.2 Å². The molecule has 0 unspecified atom stereocenters. The van der Waals surface area contributed by atoms with Crippen LogP contribution in [0.2, 0.25) is 0 Å². The fourth-order valence-corrected chi connectivity index (χ4v) is 4.51. The molecule has 1 aliphatic rings. The van der Waals surface area contributed by atoms with Gasteiger partial charge in [0.25, 0.3) is 11.8 Å². The van der Waals surface area contributed by atoms with E-state index in [-0.39, 0.29) is 30.6 Å². The SMILES string of the molecule is O=C(COc1ccc(OC(F)(F)F)cc1)NCc1nc(C(=O)N2CCN(CC=Cc3ccccc3)CC2)cs1. The molecule has 0 atom stereocenters. The molecule has 0 spiro atoms. The number of benzene rings is 2. The van der Waals surface area contributed by atoms with Gasteiger partial charge in [0, 0.05) is 38.1 Å². The number of alkyl halides is 3. The third-order valence-electron chi connectivity index (χ3n) is 5.77. The third kappa shape index (κ3) is 9.11. The minimum atomic E-state index is -4.78. The van der Waals surface area contributed by atoms with Gasteiger partial charge in [0.2, 0.25) is 0 Å². The highest BCUT2D eigenvalue weighted by atomic mass is 32.1. The molecule has 3 aromatic rings. The number of piperazine rings is 1. The summed E-state index contributed by atoms with van der Waals surface area (Å²) in [6, 6.07) is 14.8. The van der Waals surface area contributed by atoms with Gasteiger partial charge in [-0.2, -0.15) is 0 Å². The van der Waals surface area contributed by atoms with Gasteiger partial charge in [0.05, 0.1) is 6.54 Å². The van der Waals surface area contributed by atoms with E-state index in [0.717, 1.165) is 37.3 Å². The highest BCUT2D eigenvalue weighted by molar-refractivity contribution is 7.09. The number of carbonyl (C=O) groups is 2. The first kappa shape index (κ1) is 28.1. The summed E-state index contributed by atoms with van der Waals surface area (Å²) in [5.41, 5.74) is 1.50. The Labute approximate surface area is 227 Å². The molecule has 1 aliphatic heterocycles. The second kappa shape index (κ2) is 13.3. The van der Waals surface area contributed by atoms with Crippen molar-refractivity contribution in [3.8, 4) is 11.5 Å². The van der Waals surface area contributed by atoms with E-state index in [0.29, 0.717) is 23.8 Å². The van der Waals surface area contributed by atoms with E-state index in [1.165, 1.54) is 23.5 Å². The maximum atomic E-state index is 12.9. The van der Waals surface area contributed by atoms with Crippen LogP contribution in [0.3, 0.4) is 0 Å². The summed E-state index contributed by atoms with van der Waals surface area (Å²) in [7, 11) is 0. The minimum absolute atomic E-state index is 0.125. The van der Waals surface area contributed by atoms with Crippen LogP contribution >= 0.6 is 11.3 Å². The lowest BCUT2D eigenvalue weighted by Gasteiger charge is -2.33. The monoisotopic (exact) mass is 560 g/mol. The van der Waals surface area contributed by atoms with Crippen LogP contribution < -0.4 is 14.8 Å². The van der Waals surface area contributed by atoms with E-state index in [9.17, 15) is 22.8 Å². The Kier molecular flexibility index (Phi) is 9.55. The van der Waals surface area contributed by atoms with Crippen LogP contribution in [0.15, 0.2) is 66.1 Å². The normalized spacial score (nSPS) is 14.4. The Morgan fingerprint density at radius 1 is 1.00 bits per heavy atom. The van der Waals surface area contributed by atoms with Crippen molar-refractivity contribution >= 4 is 29.2 Å². The maximum Gasteiger partial charge on any atom is 0.573 e. The molecule has 0 aliphatic carbocycles. The number of hydrogen-bond donors (Lipinski definition) is 1. The predicted octanol–water partition coefficient (Wildman–Crippen LogP) is 4.21. The number of hydrogen-bond acceptors (Lipinski definition) is 7. The highest BCUT2D eigenvalue weighted by Gasteiger charge is 2.31. The molecule has 2 heterocycles. The van der Waals surface area contributed by atoms with Gasteiger partial charge in [-0.15, -0.1) is 24.5 Å². The maximum absolute atomic E-state index is 12.9. The molecule has 1 N–H and O–H groups in total. The third-order valence-corrected chi connectivity index (χ3v) is 6.62. The van der Waals surface area contributed by atoms with Crippen molar-refractivity contribution in [3.05, 3.63) is 82.3 Å². The van der Waals surface area contributed by atoms with Crippen molar-refractivity contribution in [1.29, 1.82) is 0 Å². The molecule has 39 heavy (non-hydrogen) atoms. The highest BCUT2D eigenvalue weighted by Crippen LogP contribution is 2.24. The quantitative estimate of drug-likeness (QED) is 0.400. The summed E-state index contributed by atoms with van der Waals surface area (Å²) in [6.45, 7) is 3.39. The average molecular weight is 561 g/mol. The first-order valence-electron chi connectivity index (χ1n) is 12.2. The van der Waals surface area contributed by atoms with Crippen molar-refractivity contribution in [3.63, 3.8) is 0 Å². The summed E-state index contributed by atoms with van der Waals surface area (Å²) >= 11 is 1.27. The molecule has 0 bridgehead atoms. The van der Waals surface area contributed by atoms with Crippen molar-refractivity contribution in [2.75, 3.05) is 39.3 Å². The van der Waals surface area contributed by atoms with Crippen molar-refractivity contribution in [2.24, 2.45) is 0 Å². The second-order valence-electron chi connectivity index (χ2n) is 8.62. The number of aromatic nitrogens is 1. The van der Waals surface area contributed by atoms with Crippen LogP contribution in [0.5, 0.6) is 11.5 Å². The molecule has 1 saturated heterocycles. The van der Waals surface area contributed by atoms with Crippen LogP contribution in [0.4, 0.5) is 13.2 Å². The zero-order valence-electron chi connectivity index (χ0n) is 20.9. The molecule has 4 rings (SSSR count). The van der Waals surface area contributed by atoms with Crippen molar-refractivity contribution < 1.29 is 32.2 Å². The van der Waals surface area contributed by atoms with E-state index in [4.69, 9.17) is 4.74 Å². The Hall–Kier alpha value is -3.90. The molecule has 1 fully saturated rings. The van der Waals surface area contributed by atoms with Gasteiger partial charge < -0.3 is 19.7 Å². The van der Waals surface area contributed by atoms with Crippen LogP contribution in [0.25, 0.3) is 6.08 Å². The number of nitrogens with zero attached hydrogens (tertiary/aromatic N) is 3. The summed E-state index contributed by atoms with van der Waals surface area (Å²) in [4.78, 5) is 33.4. The van der Waals surface area contributed by atoms with Gasteiger partial charge in [-0.3, -0.25) is 14.5 Å². The predicted molar refractivity (Wildman–Crippen MR) is 140 cm³/mol. The number of rotatable bonds is 10. The number of ether oxygens (including phenoxy) is 2. The minimum Gasteiger partial charge on any atom is -0.484 e. The van der Waals surface area contributed by atoms with E-state index in [1.54, 1.807) is 10.3 Å². The van der Waals surface area contributed by atoms with E-state index in [2.05, 4.69) is 44.2 Å². The van der Waals surface area contributed by atoms with E-state index >= 15 is 0 Å². The Bertz CT molecular complexity index is 1260. The Morgan fingerprint density at radius 3 is 2.38 bits per heavy atom. The fourth-order valence-electron chi connectivity index (χ4n) is 3.80. The number of halogens is 3. The van der Waals surface area contributed by atoms with Gasteiger partial charge in [0.15, 0.2) is 6.61 Å². The smallest absolute Gasteiger partial charge is 0.484 e. The topological polar surface area (TPSA) is 84.0 Å². The van der Waals surface area contributed by atoms with Crippen LogP contribution in [0.1, 0.15) is 21.1 Å². The van der Waals surface area contributed by atoms with E-state index in [1.807, 2.05) is 18.2 Å². The Balaban J connectivity index is 1.15. The molecule has 12 heteroatoms. The molecular weight excluding hydrogens is 533 g/mol. The first-order chi connectivity index (χ1) is 18.7. The van der Waals surface area contributed by atoms with Gasteiger partial charge in [-0.1, -0.05) is 42.5 Å². The molecule has 2 aromatic carbocycles. The Morgan fingerprint density at radius 2 is 1.69 bits per heavy atom. The average Bonchev–Trinajstić information content (AvgIpc) is 3.40. The molecule has 206 valence electrons. The number of nitrogens with one attached hydrogen (secondary N) is 1. The summed E-state index contributed by atoms with van der Waals surface area (Å²) < 4.78 is 45.7. The largest absolute Gasteiger partial charge is 0.573 e. The number of amides is 2. The van der Waals surface area contributed by atoms with Crippen molar-refractivity contribution in [1.82, 2.24) is 20.1 Å². The summed E-state index contributed by atoms with van der Waals surface area (Å²) in [5.74, 6) is -0.740. The first-order valence-corrected chi connectivity index (χ1v) is 13.1. The van der Waals surface area contributed by atoms with Crippen LogP contribution in [-0.2, 0) is 11.3 Å². The molecular formula is C27H27F3N4O4S. The van der Waals surface area contributed by atoms with Gasteiger partial charge in [-0.25, -0.2) is 4.98 Å². The zero-order valence-corrected chi connectivity index (χ0v) is 21.7. The van der Waals surface area contributed by atoms with Gasteiger partial charge >= 0.3 is 6.36 Å². The number of carbonyl (C=O) groups excluding carboxylic acids is 2. The van der Waals surface area contributed by atoms with Crippen LogP contribution in [-0.4, -0.2) is 72.3 Å². The molecule has 0 saturated carbocycles. The second-order valence-corrected chi connectivity index (χ2v) is 9.56. The molecule has 8 nitrogen and oxygen atoms in total. The lowest BCUT2D eigenvalue weighted by atomic mass is 10.2. The standard InChI is InChI=1S/C27H27F3N4O4S/c28-27(29,30)38-22-10-8-21(9-11-22)37-18-24(35)31-17-25-32-23(19-39-25)26(36)34-15-13-33(14-16-34)12-4-7-20-5-2-1-3-6-20/h1-11,19H,12-18H2,(H,31,35). The molecule has 0 radical (unpaired) electrons. The summed E-state index contributed by atoms with van der Waals surface area (Å²) in [6.07, 6.45) is -0.562. The van der Waals surface area contributed by atoms with Crippen LogP contribution in [0, 0.1) is 0 Å². The summed E-state index contributed by atoms with van der Waals surface area (Å²) in [5, 5.41) is 4.91. The fraction of sp³-hybridized carbons (Fsp3) is 0.296. The lowest BCUT2D eigenvalue weighted by molar-refractivity contribution is -0.274. The number of thiazole rings is 1. The van der Waals surface area contributed by atoms with E-state index < -0.39 is 12.3 Å². The van der Waals surface area contributed by atoms with Gasteiger partial charge in [-0.05, 0) is 29.8 Å². The zero-order chi connectivity index (χ0) is 27.7. The lowest BCUT2D eigenvalue weighted by Crippen LogP contribution is -2.48. The molecule has 2 amide bonds.